The summed E-state index contributed by atoms with van der Waals surface area (Å²) in [7, 11) is 0. The molecule has 0 bridgehead atoms. The first-order valence-electron chi connectivity index (χ1n) is 5.39. The highest BCUT2D eigenvalue weighted by atomic mass is 16.1. The highest BCUT2D eigenvalue weighted by Gasteiger charge is 2.12. The van der Waals surface area contributed by atoms with Crippen LogP contribution < -0.4 is 11.5 Å². The quantitative estimate of drug-likeness (QED) is 0.618. The molecule has 2 rings (SSSR count). The second-order valence-corrected chi connectivity index (χ2v) is 3.86. The van der Waals surface area contributed by atoms with Crippen molar-refractivity contribution in [3.63, 3.8) is 0 Å². The first kappa shape index (κ1) is 11.7. The molecule has 0 saturated carbocycles. The maximum atomic E-state index is 11.4. The van der Waals surface area contributed by atoms with E-state index in [1.807, 2.05) is 18.2 Å². The van der Waals surface area contributed by atoms with Crippen molar-refractivity contribution in [2.24, 2.45) is 5.73 Å². The number of primary amides is 1. The molecule has 0 saturated heterocycles. The molecule has 0 unspecified atom stereocenters. The molecule has 4 N–H and O–H groups in total. The lowest BCUT2D eigenvalue weighted by Gasteiger charge is -2.10. The van der Waals surface area contributed by atoms with Crippen molar-refractivity contribution in [2.45, 2.75) is 0 Å². The number of carbonyl (C=O) groups excluding carboxylic acids is 1. The van der Waals surface area contributed by atoms with Gasteiger partial charge in [0.1, 0.15) is 0 Å². The largest absolute Gasteiger partial charge is 0.398 e. The predicted octanol–water partition coefficient (Wildman–Crippen LogP) is 2.02. The number of anilines is 1. The van der Waals surface area contributed by atoms with E-state index in [1.54, 1.807) is 24.3 Å². The number of hydrogen-bond acceptors (Lipinski definition) is 2. The fourth-order valence-corrected chi connectivity index (χ4v) is 1.81. The Labute approximate surface area is 105 Å². The Morgan fingerprint density at radius 2 is 1.83 bits per heavy atom. The van der Waals surface area contributed by atoms with Gasteiger partial charge in [-0.3, -0.25) is 4.79 Å². The fourth-order valence-electron chi connectivity index (χ4n) is 1.81. The molecule has 3 heteroatoms. The number of nitrogen functional groups attached to an aromatic ring is 1. The summed E-state index contributed by atoms with van der Waals surface area (Å²) >= 11 is 0. The van der Waals surface area contributed by atoms with Crippen LogP contribution in [0.5, 0.6) is 0 Å². The minimum atomic E-state index is -0.503. The van der Waals surface area contributed by atoms with Crippen LogP contribution in [-0.4, -0.2) is 5.91 Å². The lowest BCUT2D eigenvalue weighted by Crippen LogP contribution is -2.12. The Kier molecular flexibility index (Phi) is 3.03. The average Bonchev–Trinajstić information content (AvgIpc) is 2.38. The summed E-state index contributed by atoms with van der Waals surface area (Å²) in [6, 6.07) is 12.3. The molecule has 0 aromatic heterocycles. The van der Waals surface area contributed by atoms with Crippen LogP contribution in [0.2, 0.25) is 0 Å². The highest BCUT2D eigenvalue weighted by molar-refractivity contribution is 6.01. The van der Waals surface area contributed by atoms with Crippen LogP contribution in [0, 0.1) is 12.3 Å². The second kappa shape index (κ2) is 4.64. The molecule has 0 aliphatic carbocycles. The minimum absolute atomic E-state index is 0.409. The monoisotopic (exact) mass is 236 g/mol. The van der Waals surface area contributed by atoms with Crippen LogP contribution in [0.3, 0.4) is 0 Å². The maximum absolute atomic E-state index is 11.4. The third-order valence-corrected chi connectivity index (χ3v) is 2.70. The lowest BCUT2D eigenvalue weighted by atomic mass is 9.96. The van der Waals surface area contributed by atoms with Crippen LogP contribution in [0.25, 0.3) is 11.1 Å². The van der Waals surface area contributed by atoms with E-state index in [0.717, 1.165) is 5.56 Å². The zero-order valence-electron chi connectivity index (χ0n) is 9.68. The van der Waals surface area contributed by atoms with Gasteiger partial charge in [-0.25, -0.2) is 0 Å². The molecule has 2 aromatic carbocycles. The molecule has 3 nitrogen and oxygen atoms in total. The van der Waals surface area contributed by atoms with Crippen LogP contribution in [-0.2, 0) is 0 Å². The number of carbonyl (C=O) groups is 1. The fraction of sp³-hybridized carbons (Fsp3) is 0. The first-order valence-corrected chi connectivity index (χ1v) is 5.39. The van der Waals surface area contributed by atoms with Crippen molar-refractivity contribution in [3.05, 3.63) is 53.6 Å². The molecule has 0 spiro atoms. The van der Waals surface area contributed by atoms with Gasteiger partial charge >= 0.3 is 0 Å². The van der Waals surface area contributed by atoms with Crippen molar-refractivity contribution in [1.82, 2.24) is 0 Å². The molecular weight excluding hydrogens is 224 g/mol. The standard InChI is InChI=1S/C15H12N2O/c1-2-10-7-8-12(15(17)18)13(9-10)11-5-3-4-6-14(11)16/h1,3-9H,16H2,(H2,17,18). The van der Waals surface area contributed by atoms with Crippen molar-refractivity contribution < 1.29 is 4.79 Å². The number of benzene rings is 2. The van der Waals surface area contributed by atoms with Gasteiger partial charge in [-0.1, -0.05) is 24.1 Å². The number of nitrogens with two attached hydrogens (primary N) is 2. The van der Waals surface area contributed by atoms with Gasteiger partial charge in [-0.2, -0.15) is 0 Å². The van der Waals surface area contributed by atoms with Gasteiger partial charge in [0.05, 0.1) is 0 Å². The third-order valence-electron chi connectivity index (χ3n) is 2.70. The number of rotatable bonds is 2. The van der Waals surface area contributed by atoms with E-state index >= 15 is 0 Å². The molecular formula is C15H12N2O. The minimum Gasteiger partial charge on any atom is -0.398 e. The summed E-state index contributed by atoms with van der Waals surface area (Å²) in [6.45, 7) is 0. The van der Waals surface area contributed by atoms with E-state index in [9.17, 15) is 4.79 Å². The van der Waals surface area contributed by atoms with Gasteiger partial charge in [0.2, 0.25) is 5.91 Å². The molecule has 18 heavy (non-hydrogen) atoms. The Bertz CT molecular complexity index is 654. The van der Waals surface area contributed by atoms with E-state index in [1.165, 1.54) is 0 Å². The van der Waals surface area contributed by atoms with Gasteiger partial charge in [-0.05, 0) is 29.8 Å². The van der Waals surface area contributed by atoms with Gasteiger partial charge in [0.15, 0.2) is 0 Å². The molecule has 0 aliphatic heterocycles. The van der Waals surface area contributed by atoms with Gasteiger partial charge in [-0.15, -0.1) is 6.42 Å². The summed E-state index contributed by atoms with van der Waals surface area (Å²) in [5.74, 6) is 2.03. The van der Waals surface area contributed by atoms with Crippen LogP contribution in [0.15, 0.2) is 42.5 Å². The molecule has 0 heterocycles. The summed E-state index contributed by atoms with van der Waals surface area (Å²) in [4.78, 5) is 11.4. The van der Waals surface area contributed by atoms with Gasteiger partial charge in [0.25, 0.3) is 0 Å². The molecule has 0 aliphatic rings. The van der Waals surface area contributed by atoms with Gasteiger partial charge < -0.3 is 11.5 Å². The normalized spacial score (nSPS) is 9.72. The average molecular weight is 236 g/mol. The van der Waals surface area contributed by atoms with Crippen LogP contribution in [0.4, 0.5) is 5.69 Å². The van der Waals surface area contributed by atoms with Crippen LogP contribution in [0.1, 0.15) is 15.9 Å². The summed E-state index contributed by atoms with van der Waals surface area (Å²) in [6.07, 6.45) is 5.36. The summed E-state index contributed by atoms with van der Waals surface area (Å²) < 4.78 is 0. The third kappa shape index (κ3) is 2.04. The number of hydrogen-bond donors (Lipinski definition) is 2. The molecule has 1 amide bonds. The predicted molar refractivity (Wildman–Crippen MR) is 72.7 cm³/mol. The number of terminal acetylenes is 1. The van der Waals surface area contributed by atoms with Crippen molar-refractivity contribution >= 4 is 11.6 Å². The summed E-state index contributed by atoms with van der Waals surface area (Å²) in [5.41, 5.74) is 14.4. The molecule has 2 aromatic rings. The van der Waals surface area contributed by atoms with E-state index in [-0.39, 0.29) is 0 Å². The highest BCUT2D eigenvalue weighted by Crippen LogP contribution is 2.29. The first-order chi connectivity index (χ1) is 8.63. The van der Waals surface area contributed by atoms with Crippen molar-refractivity contribution in [1.29, 1.82) is 0 Å². The van der Waals surface area contributed by atoms with Gasteiger partial charge in [0, 0.05) is 22.4 Å². The molecule has 0 atom stereocenters. The Balaban J connectivity index is 2.73. The summed E-state index contributed by atoms with van der Waals surface area (Å²) in [5, 5.41) is 0. The smallest absolute Gasteiger partial charge is 0.249 e. The Morgan fingerprint density at radius 1 is 1.11 bits per heavy atom. The van der Waals surface area contributed by atoms with Crippen molar-refractivity contribution in [2.75, 3.05) is 5.73 Å². The SMILES string of the molecule is C#Cc1ccc(C(N)=O)c(-c2ccccc2N)c1. The van der Waals surface area contributed by atoms with Crippen LogP contribution >= 0.6 is 0 Å². The van der Waals surface area contributed by atoms with E-state index in [2.05, 4.69) is 5.92 Å². The second-order valence-electron chi connectivity index (χ2n) is 3.86. The number of amides is 1. The van der Waals surface area contributed by atoms with E-state index in [0.29, 0.717) is 22.4 Å². The van der Waals surface area contributed by atoms with Crippen molar-refractivity contribution in [3.8, 4) is 23.5 Å². The topological polar surface area (TPSA) is 69.1 Å². The molecule has 0 radical (unpaired) electrons. The number of para-hydroxylation sites is 1. The van der Waals surface area contributed by atoms with E-state index in [4.69, 9.17) is 17.9 Å². The zero-order chi connectivity index (χ0) is 13.1. The molecule has 0 fully saturated rings. The Morgan fingerprint density at radius 3 is 2.44 bits per heavy atom. The maximum Gasteiger partial charge on any atom is 0.249 e. The Hall–Kier alpha value is -2.73. The zero-order valence-corrected chi connectivity index (χ0v) is 9.68. The molecule has 88 valence electrons. The lowest BCUT2D eigenvalue weighted by molar-refractivity contribution is 0.100. The van der Waals surface area contributed by atoms with E-state index < -0.39 is 5.91 Å².